The molecule has 4 aromatic heterocycles. The maximum absolute atomic E-state index is 6.03. The van der Waals surface area contributed by atoms with Gasteiger partial charge in [0, 0.05) is 46.9 Å². The van der Waals surface area contributed by atoms with Gasteiger partial charge in [-0.05, 0) is 25.5 Å². The number of pyridine rings is 1. The molecule has 2 atom stereocenters. The van der Waals surface area contributed by atoms with Crippen LogP contribution in [0, 0.1) is 12.8 Å². The molecule has 28 heavy (non-hydrogen) atoms. The highest BCUT2D eigenvalue weighted by atomic mass is 32.1. The van der Waals surface area contributed by atoms with E-state index in [9.17, 15) is 0 Å². The molecule has 7 nitrogen and oxygen atoms in total. The maximum Gasteiger partial charge on any atom is 0.219 e. The third-order valence-electron chi connectivity index (χ3n) is 4.88. The number of thiazole rings is 1. The van der Waals surface area contributed by atoms with Crippen molar-refractivity contribution in [3.05, 3.63) is 64.5 Å². The second-order valence-corrected chi connectivity index (χ2v) is 8.27. The van der Waals surface area contributed by atoms with E-state index < -0.39 is 0 Å². The molecular formula is C20H20N6OS. The minimum absolute atomic E-state index is 0.493. The summed E-state index contributed by atoms with van der Waals surface area (Å²) in [5.74, 6) is 2.46. The topological polar surface area (TPSA) is 77.2 Å². The molecule has 1 aliphatic carbocycles. The van der Waals surface area contributed by atoms with Crippen molar-refractivity contribution in [3.8, 4) is 5.88 Å². The van der Waals surface area contributed by atoms with E-state index in [4.69, 9.17) is 4.74 Å². The number of nitrogens with zero attached hydrogens (tertiary/aromatic N) is 5. The lowest BCUT2D eigenvalue weighted by atomic mass is 10.2. The third kappa shape index (κ3) is 3.55. The Balaban J connectivity index is 1.27. The first-order valence-electron chi connectivity index (χ1n) is 9.30. The van der Waals surface area contributed by atoms with Gasteiger partial charge in [-0.2, -0.15) is 14.6 Å². The molecule has 0 spiro atoms. The van der Waals surface area contributed by atoms with E-state index in [1.807, 2.05) is 43.6 Å². The molecule has 0 aliphatic heterocycles. The van der Waals surface area contributed by atoms with Crippen LogP contribution in [0.5, 0.6) is 5.88 Å². The Kier molecular flexibility index (Phi) is 4.40. The first-order valence-corrected chi connectivity index (χ1v) is 10.1. The lowest BCUT2D eigenvalue weighted by molar-refractivity contribution is 0.286. The average Bonchev–Trinajstić information content (AvgIpc) is 3.11. The molecule has 5 rings (SSSR count). The van der Waals surface area contributed by atoms with Crippen LogP contribution in [-0.2, 0) is 6.54 Å². The molecule has 0 bridgehead atoms. The fourth-order valence-corrected chi connectivity index (χ4v) is 4.07. The largest absolute Gasteiger partial charge is 0.477 e. The molecule has 4 heterocycles. The van der Waals surface area contributed by atoms with Crippen LogP contribution in [-0.4, -0.2) is 31.2 Å². The predicted octanol–water partition coefficient (Wildman–Crippen LogP) is 3.68. The number of anilines is 1. The Bertz CT molecular complexity index is 1090. The average molecular weight is 392 g/mol. The van der Waals surface area contributed by atoms with Crippen LogP contribution in [0.15, 0.2) is 48.9 Å². The monoisotopic (exact) mass is 392 g/mol. The van der Waals surface area contributed by atoms with E-state index in [0.717, 1.165) is 28.6 Å². The van der Waals surface area contributed by atoms with E-state index >= 15 is 0 Å². The Hall–Kier alpha value is -3.00. The van der Waals surface area contributed by atoms with E-state index in [2.05, 4.69) is 31.4 Å². The van der Waals surface area contributed by atoms with Crippen LogP contribution in [0.3, 0.4) is 0 Å². The first kappa shape index (κ1) is 17.1. The second-order valence-electron chi connectivity index (χ2n) is 6.95. The summed E-state index contributed by atoms with van der Waals surface area (Å²) in [6, 6.07) is 9.86. The van der Waals surface area contributed by atoms with Gasteiger partial charge >= 0.3 is 0 Å². The number of ether oxygens (including phenoxy) is 1. The zero-order valence-electron chi connectivity index (χ0n) is 15.4. The Morgan fingerprint density at radius 3 is 3.04 bits per heavy atom. The summed E-state index contributed by atoms with van der Waals surface area (Å²) in [6.07, 6.45) is 6.61. The van der Waals surface area contributed by atoms with Gasteiger partial charge < -0.3 is 10.1 Å². The third-order valence-corrected chi connectivity index (χ3v) is 5.80. The number of fused-ring (bicyclic) bond motifs is 1. The fraction of sp³-hybridized carbons (Fsp3) is 0.300. The molecule has 0 aromatic carbocycles. The maximum atomic E-state index is 6.03. The molecule has 8 heteroatoms. The molecule has 0 saturated heterocycles. The number of hydrogen-bond acceptors (Lipinski definition) is 7. The molecule has 1 N–H and O–H groups in total. The van der Waals surface area contributed by atoms with Crippen molar-refractivity contribution in [2.24, 2.45) is 5.92 Å². The molecule has 1 aliphatic rings. The van der Waals surface area contributed by atoms with Crippen LogP contribution in [0.4, 0.5) is 5.82 Å². The van der Waals surface area contributed by atoms with Crippen molar-refractivity contribution in [2.45, 2.75) is 25.8 Å². The highest BCUT2D eigenvalue weighted by molar-refractivity contribution is 7.11. The van der Waals surface area contributed by atoms with E-state index in [-0.39, 0.29) is 0 Å². The minimum atomic E-state index is 0.493. The molecule has 142 valence electrons. The van der Waals surface area contributed by atoms with Gasteiger partial charge in [0.05, 0.1) is 24.4 Å². The molecule has 1 fully saturated rings. The molecule has 0 amide bonds. The smallest absolute Gasteiger partial charge is 0.219 e. The van der Waals surface area contributed by atoms with Crippen molar-refractivity contribution in [2.75, 3.05) is 11.9 Å². The minimum Gasteiger partial charge on any atom is -0.477 e. The molecule has 4 aromatic rings. The van der Waals surface area contributed by atoms with Crippen LogP contribution in [0.1, 0.15) is 27.9 Å². The van der Waals surface area contributed by atoms with Gasteiger partial charge in [-0.15, -0.1) is 11.3 Å². The SMILES string of the molecule is Cc1ncc(CNc2cc(OC[C@@H]3C[C@H]3c3ccccn3)nc3ccnn23)s1. The summed E-state index contributed by atoms with van der Waals surface area (Å²) in [5, 5.41) is 8.84. The van der Waals surface area contributed by atoms with Gasteiger partial charge in [0.1, 0.15) is 5.82 Å². The first-order chi connectivity index (χ1) is 13.8. The predicted molar refractivity (Wildman–Crippen MR) is 108 cm³/mol. The zero-order chi connectivity index (χ0) is 18.9. The van der Waals surface area contributed by atoms with Gasteiger partial charge in [-0.3, -0.25) is 4.98 Å². The standard InChI is InChI=1S/C20H20N6OS/c1-13-22-10-15(28-13)11-23-19-9-20(25-18-5-7-24-26(18)19)27-12-14-8-16(14)17-4-2-3-6-21-17/h2-7,9-10,14,16,23H,8,11-12H2,1H3/t14-,16+/m0/s1. The van der Waals surface area contributed by atoms with Crippen LogP contribution in [0.25, 0.3) is 5.65 Å². The summed E-state index contributed by atoms with van der Waals surface area (Å²) >= 11 is 1.68. The van der Waals surface area contributed by atoms with Crippen LogP contribution in [0.2, 0.25) is 0 Å². The van der Waals surface area contributed by atoms with Crippen molar-refractivity contribution in [3.63, 3.8) is 0 Å². The number of rotatable bonds is 7. The summed E-state index contributed by atoms with van der Waals surface area (Å²) in [7, 11) is 0. The van der Waals surface area contributed by atoms with Gasteiger partial charge in [-0.1, -0.05) is 6.07 Å². The summed E-state index contributed by atoms with van der Waals surface area (Å²) in [5.41, 5.74) is 1.91. The lowest BCUT2D eigenvalue weighted by Gasteiger charge is -2.10. The summed E-state index contributed by atoms with van der Waals surface area (Å²) in [6.45, 7) is 3.34. The number of nitrogens with one attached hydrogen (secondary N) is 1. The highest BCUT2D eigenvalue weighted by Gasteiger charge is 2.39. The number of aromatic nitrogens is 5. The second kappa shape index (κ2) is 7.20. The Morgan fingerprint density at radius 2 is 2.21 bits per heavy atom. The summed E-state index contributed by atoms with van der Waals surface area (Å²) in [4.78, 5) is 14.5. The van der Waals surface area contributed by atoms with Crippen molar-refractivity contribution >= 4 is 22.8 Å². The zero-order valence-corrected chi connectivity index (χ0v) is 16.3. The molecular weight excluding hydrogens is 372 g/mol. The van der Waals surface area contributed by atoms with E-state index in [1.165, 1.54) is 4.88 Å². The molecule has 0 unspecified atom stereocenters. The van der Waals surface area contributed by atoms with Gasteiger partial charge in [0.2, 0.25) is 5.88 Å². The molecule has 1 saturated carbocycles. The molecule has 0 radical (unpaired) electrons. The summed E-state index contributed by atoms with van der Waals surface area (Å²) < 4.78 is 7.81. The van der Waals surface area contributed by atoms with Gasteiger partial charge in [-0.25, -0.2) is 4.98 Å². The number of hydrogen-bond donors (Lipinski definition) is 1. The fourth-order valence-electron chi connectivity index (χ4n) is 3.34. The van der Waals surface area contributed by atoms with Gasteiger partial charge in [0.25, 0.3) is 0 Å². The van der Waals surface area contributed by atoms with E-state index in [1.54, 1.807) is 22.0 Å². The van der Waals surface area contributed by atoms with E-state index in [0.29, 0.717) is 30.9 Å². The van der Waals surface area contributed by atoms with Crippen LogP contribution >= 0.6 is 11.3 Å². The normalized spacial score (nSPS) is 18.3. The highest BCUT2D eigenvalue weighted by Crippen LogP contribution is 2.46. The van der Waals surface area contributed by atoms with Crippen LogP contribution < -0.4 is 10.1 Å². The Labute approximate surface area is 166 Å². The van der Waals surface area contributed by atoms with Gasteiger partial charge in [0.15, 0.2) is 5.65 Å². The van der Waals surface area contributed by atoms with Crippen molar-refractivity contribution in [1.82, 2.24) is 24.6 Å². The quantitative estimate of drug-likeness (QED) is 0.517. The lowest BCUT2D eigenvalue weighted by Crippen LogP contribution is -2.08. The van der Waals surface area contributed by atoms with Crippen molar-refractivity contribution < 1.29 is 4.74 Å². The number of aryl methyl sites for hydroxylation is 1. The Morgan fingerprint density at radius 1 is 1.25 bits per heavy atom. The van der Waals surface area contributed by atoms with Crippen molar-refractivity contribution in [1.29, 1.82) is 0 Å².